The minimum Gasteiger partial charge on any atom is -0.378 e. The summed E-state index contributed by atoms with van der Waals surface area (Å²) in [5, 5.41) is 11.5. The molecule has 0 spiro atoms. The van der Waals surface area contributed by atoms with Gasteiger partial charge in [0.05, 0.1) is 5.69 Å². The van der Waals surface area contributed by atoms with E-state index in [-0.39, 0.29) is 17.2 Å². The Morgan fingerprint density at radius 1 is 1.24 bits per heavy atom. The number of amides is 1. The number of nitrogens with zero attached hydrogens (tertiary/aromatic N) is 2. The molecule has 0 aliphatic carbocycles. The molecule has 0 unspecified atom stereocenters. The highest BCUT2D eigenvalue weighted by molar-refractivity contribution is 6.05. The highest BCUT2D eigenvalue weighted by Crippen LogP contribution is 2.20. The summed E-state index contributed by atoms with van der Waals surface area (Å²) < 4.78 is 13.5. The first kappa shape index (κ1) is 14.5. The van der Waals surface area contributed by atoms with Crippen LogP contribution in [0.2, 0.25) is 0 Å². The van der Waals surface area contributed by atoms with Crippen LogP contribution in [0.5, 0.6) is 0 Å². The lowest BCUT2D eigenvalue weighted by Gasteiger charge is -2.13. The van der Waals surface area contributed by atoms with Crippen molar-refractivity contribution in [2.24, 2.45) is 0 Å². The Bertz CT molecular complexity index is 720. The molecular weight excluding hydrogens is 269 g/mol. The average molecular weight is 283 g/mol. The summed E-state index contributed by atoms with van der Waals surface area (Å²) in [5.74, 6) is -1.04. The van der Waals surface area contributed by atoms with Gasteiger partial charge in [0, 0.05) is 25.3 Å². The Labute approximate surface area is 122 Å². The van der Waals surface area contributed by atoms with Crippen LogP contribution in [0.25, 0.3) is 0 Å². The number of rotatable bonds is 3. The van der Waals surface area contributed by atoms with Crippen molar-refractivity contribution in [3.63, 3.8) is 0 Å². The molecule has 1 N–H and O–H groups in total. The molecule has 0 radical (unpaired) electrons. The minimum absolute atomic E-state index is 0.165. The number of hydrogen-bond donors (Lipinski definition) is 1. The van der Waals surface area contributed by atoms with Crippen LogP contribution < -0.4 is 10.2 Å². The SMILES string of the molecule is CN(C)c1cccc(C(=O)Nc2cccc(F)c2C#N)c1. The highest BCUT2D eigenvalue weighted by atomic mass is 19.1. The standard InChI is InChI=1S/C16H14FN3O/c1-20(2)12-6-3-5-11(9-12)16(21)19-15-8-4-7-14(17)13(15)10-18/h3-9H,1-2H3,(H,19,21). The number of nitriles is 1. The zero-order chi connectivity index (χ0) is 15.4. The molecule has 0 aliphatic rings. The van der Waals surface area contributed by atoms with Crippen LogP contribution in [0.4, 0.5) is 15.8 Å². The van der Waals surface area contributed by atoms with Crippen LogP contribution in [0.15, 0.2) is 42.5 Å². The van der Waals surface area contributed by atoms with Crippen molar-refractivity contribution in [2.75, 3.05) is 24.3 Å². The second kappa shape index (κ2) is 6.06. The lowest BCUT2D eigenvalue weighted by Crippen LogP contribution is -2.15. The number of carbonyl (C=O) groups is 1. The van der Waals surface area contributed by atoms with Crippen LogP contribution in [0.3, 0.4) is 0 Å². The quantitative estimate of drug-likeness (QED) is 0.942. The average Bonchev–Trinajstić information content (AvgIpc) is 2.47. The largest absolute Gasteiger partial charge is 0.378 e. The maximum absolute atomic E-state index is 13.5. The molecule has 0 fully saturated rings. The third-order valence-corrected chi connectivity index (χ3v) is 3.00. The summed E-state index contributed by atoms with van der Waals surface area (Å²) in [6, 6.07) is 12.9. The van der Waals surface area contributed by atoms with Crippen LogP contribution >= 0.6 is 0 Å². The van der Waals surface area contributed by atoms with Gasteiger partial charge in [0.2, 0.25) is 0 Å². The van der Waals surface area contributed by atoms with Gasteiger partial charge >= 0.3 is 0 Å². The summed E-state index contributed by atoms with van der Waals surface area (Å²) in [7, 11) is 3.74. The Morgan fingerprint density at radius 3 is 2.62 bits per heavy atom. The van der Waals surface area contributed by atoms with Crippen molar-refractivity contribution in [1.29, 1.82) is 5.26 Å². The van der Waals surface area contributed by atoms with Gasteiger partial charge in [-0.15, -0.1) is 0 Å². The molecule has 0 aliphatic heterocycles. The van der Waals surface area contributed by atoms with Gasteiger partial charge in [0.1, 0.15) is 17.4 Å². The van der Waals surface area contributed by atoms with Gasteiger partial charge in [-0.2, -0.15) is 5.26 Å². The fourth-order valence-corrected chi connectivity index (χ4v) is 1.86. The van der Waals surface area contributed by atoms with Crippen molar-refractivity contribution >= 4 is 17.3 Å². The number of hydrogen-bond acceptors (Lipinski definition) is 3. The van der Waals surface area contributed by atoms with Crippen molar-refractivity contribution in [1.82, 2.24) is 0 Å². The molecular formula is C16H14FN3O. The second-order valence-electron chi connectivity index (χ2n) is 4.67. The van der Waals surface area contributed by atoms with E-state index in [2.05, 4.69) is 5.32 Å². The molecule has 106 valence electrons. The van der Waals surface area contributed by atoms with Gasteiger partial charge in [-0.3, -0.25) is 4.79 Å². The van der Waals surface area contributed by atoms with Crippen LogP contribution in [0, 0.1) is 17.1 Å². The summed E-state index contributed by atoms with van der Waals surface area (Å²) in [6.45, 7) is 0. The molecule has 0 saturated heterocycles. The Balaban J connectivity index is 2.29. The van der Waals surface area contributed by atoms with Gasteiger partial charge in [0.15, 0.2) is 0 Å². The van der Waals surface area contributed by atoms with Crippen molar-refractivity contribution < 1.29 is 9.18 Å². The molecule has 0 bridgehead atoms. The van der Waals surface area contributed by atoms with E-state index in [9.17, 15) is 9.18 Å². The number of anilines is 2. The molecule has 0 saturated carbocycles. The lowest BCUT2D eigenvalue weighted by molar-refractivity contribution is 0.102. The van der Waals surface area contributed by atoms with Crippen molar-refractivity contribution in [3.05, 3.63) is 59.4 Å². The molecule has 1 amide bonds. The predicted octanol–water partition coefficient (Wildman–Crippen LogP) is 3.02. The molecule has 0 aromatic heterocycles. The predicted molar refractivity (Wildman–Crippen MR) is 79.8 cm³/mol. The second-order valence-corrected chi connectivity index (χ2v) is 4.67. The Morgan fingerprint density at radius 2 is 1.95 bits per heavy atom. The van der Waals surface area contributed by atoms with Gasteiger partial charge in [0.25, 0.3) is 5.91 Å². The van der Waals surface area contributed by atoms with Crippen LogP contribution in [-0.4, -0.2) is 20.0 Å². The first-order valence-electron chi connectivity index (χ1n) is 6.30. The maximum atomic E-state index is 13.5. The van der Waals surface area contributed by atoms with Gasteiger partial charge < -0.3 is 10.2 Å². The van der Waals surface area contributed by atoms with E-state index in [4.69, 9.17) is 5.26 Å². The normalized spacial score (nSPS) is 9.81. The first-order chi connectivity index (χ1) is 10.0. The van der Waals surface area contributed by atoms with Crippen LogP contribution in [-0.2, 0) is 0 Å². The third kappa shape index (κ3) is 3.18. The van der Waals surface area contributed by atoms with Crippen LogP contribution in [0.1, 0.15) is 15.9 Å². The summed E-state index contributed by atoms with van der Waals surface area (Å²) in [5.41, 5.74) is 1.31. The van der Waals surface area contributed by atoms with E-state index in [1.54, 1.807) is 24.3 Å². The summed E-state index contributed by atoms with van der Waals surface area (Å²) in [4.78, 5) is 14.1. The lowest BCUT2D eigenvalue weighted by atomic mass is 10.1. The topological polar surface area (TPSA) is 56.1 Å². The fourth-order valence-electron chi connectivity index (χ4n) is 1.86. The molecule has 5 heteroatoms. The molecule has 2 rings (SSSR count). The fraction of sp³-hybridized carbons (Fsp3) is 0.125. The van der Waals surface area contributed by atoms with Gasteiger partial charge in [-0.1, -0.05) is 12.1 Å². The van der Waals surface area contributed by atoms with Crippen molar-refractivity contribution in [2.45, 2.75) is 0 Å². The molecule has 0 atom stereocenters. The van der Waals surface area contributed by atoms with E-state index in [0.717, 1.165) is 5.69 Å². The zero-order valence-electron chi connectivity index (χ0n) is 11.7. The maximum Gasteiger partial charge on any atom is 0.255 e. The van der Waals surface area contributed by atoms with E-state index in [1.165, 1.54) is 18.2 Å². The Kier molecular flexibility index (Phi) is 4.19. The molecule has 21 heavy (non-hydrogen) atoms. The zero-order valence-corrected chi connectivity index (χ0v) is 11.7. The Hall–Kier alpha value is -2.87. The van der Waals surface area contributed by atoms with E-state index in [0.29, 0.717) is 5.56 Å². The van der Waals surface area contributed by atoms with Crippen molar-refractivity contribution in [3.8, 4) is 6.07 Å². The monoisotopic (exact) mass is 283 g/mol. The first-order valence-corrected chi connectivity index (χ1v) is 6.30. The number of nitrogens with one attached hydrogen (secondary N) is 1. The van der Waals surface area contributed by atoms with Gasteiger partial charge in [-0.25, -0.2) is 4.39 Å². The van der Waals surface area contributed by atoms with E-state index >= 15 is 0 Å². The van der Waals surface area contributed by atoms with Gasteiger partial charge in [-0.05, 0) is 30.3 Å². The summed E-state index contributed by atoms with van der Waals surface area (Å²) in [6.07, 6.45) is 0. The highest BCUT2D eigenvalue weighted by Gasteiger charge is 2.12. The molecule has 4 nitrogen and oxygen atoms in total. The number of carbonyl (C=O) groups excluding carboxylic acids is 1. The molecule has 2 aromatic carbocycles. The molecule has 2 aromatic rings. The third-order valence-electron chi connectivity index (χ3n) is 3.00. The summed E-state index contributed by atoms with van der Waals surface area (Å²) >= 11 is 0. The van der Waals surface area contributed by atoms with E-state index in [1.807, 2.05) is 25.1 Å². The molecule has 0 heterocycles. The minimum atomic E-state index is -0.655. The smallest absolute Gasteiger partial charge is 0.255 e. The number of halogens is 1. The van der Waals surface area contributed by atoms with E-state index < -0.39 is 5.82 Å². The number of benzene rings is 2.